The van der Waals surface area contributed by atoms with Crippen LogP contribution in [-0.2, 0) is 6.54 Å². The summed E-state index contributed by atoms with van der Waals surface area (Å²) in [6.45, 7) is 0.346. The zero-order chi connectivity index (χ0) is 17.1. The monoisotopic (exact) mass is 344 g/mol. The highest BCUT2D eigenvalue weighted by Crippen LogP contribution is 2.28. The first-order valence-corrected chi connectivity index (χ1v) is 7.76. The number of methoxy groups -OCH3 is 2. The number of halogens is 1. The van der Waals surface area contributed by atoms with Crippen LogP contribution in [0, 0.1) is 0 Å². The molecule has 0 aliphatic rings. The van der Waals surface area contributed by atoms with Gasteiger partial charge in [0.2, 0.25) is 0 Å². The molecule has 0 bridgehead atoms. The number of benzene rings is 2. The van der Waals surface area contributed by atoms with E-state index in [0.717, 1.165) is 22.3 Å². The van der Waals surface area contributed by atoms with Crippen LogP contribution in [0.3, 0.4) is 0 Å². The molecule has 0 aliphatic carbocycles. The van der Waals surface area contributed by atoms with Crippen LogP contribution in [0.2, 0.25) is 5.02 Å². The Balaban J connectivity index is 1.91. The fraction of sp³-hybridized carbons (Fsp3) is 0.167. The zero-order valence-corrected chi connectivity index (χ0v) is 14.1. The van der Waals surface area contributed by atoms with E-state index in [1.54, 1.807) is 32.4 Å². The van der Waals surface area contributed by atoms with Crippen molar-refractivity contribution < 1.29 is 9.47 Å². The fourth-order valence-corrected chi connectivity index (χ4v) is 2.67. The number of anilines is 1. The number of H-pyrrole nitrogens is 1. The summed E-state index contributed by atoms with van der Waals surface area (Å²) in [7, 11) is 3.20. The van der Waals surface area contributed by atoms with Gasteiger partial charge in [0.15, 0.2) is 0 Å². The summed E-state index contributed by atoms with van der Waals surface area (Å²) >= 11 is 6.02. The van der Waals surface area contributed by atoms with Gasteiger partial charge in [-0.2, -0.15) is 0 Å². The molecular weight excluding hydrogens is 328 g/mol. The van der Waals surface area contributed by atoms with Crippen molar-refractivity contribution in [2.75, 3.05) is 19.5 Å². The summed E-state index contributed by atoms with van der Waals surface area (Å²) in [5.74, 6) is 1.41. The molecule has 3 aromatic rings. The summed E-state index contributed by atoms with van der Waals surface area (Å²) < 4.78 is 10.5. The molecule has 3 rings (SSSR count). The zero-order valence-electron chi connectivity index (χ0n) is 13.4. The molecule has 0 fully saturated rings. The first-order chi connectivity index (χ1) is 11.6. The molecule has 0 saturated carbocycles. The molecule has 0 unspecified atom stereocenters. The summed E-state index contributed by atoms with van der Waals surface area (Å²) in [5, 5.41) is 4.69. The van der Waals surface area contributed by atoms with Crippen molar-refractivity contribution in [3.05, 3.63) is 63.4 Å². The lowest BCUT2D eigenvalue weighted by atomic mass is 10.1. The van der Waals surface area contributed by atoms with Gasteiger partial charge in [-0.3, -0.25) is 4.79 Å². The van der Waals surface area contributed by atoms with Crippen LogP contribution in [0.15, 0.2) is 47.3 Å². The third kappa shape index (κ3) is 3.31. The summed E-state index contributed by atoms with van der Waals surface area (Å²) in [5.41, 5.74) is 1.97. The van der Waals surface area contributed by atoms with E-state index >= 15 is 0 Å². The quantitative estimate of drug-likeness (QED) is 0.738. The minimum absolute atomic E-state index is 0.138. The second-order valence-electron chi connectivity index (χ2n) is 5.28. The maximum Gasteiger partial charge on any atom is 0.253 e. The lowest BCUT2D eigenvalue weighted by Gasteiger charge is -2.12. The fourth-order valence-electron chi connectivity index (χ4n) is 2.50. The number of aromatic amines is 1. The normalized spacial score (nSPS) is 10.6. The smallest absolute Gasteiger partial charge is 0.253 e. The third-order valence-electron chi connectivity index (χ3n) is 3.76. The van der Waals surface area contributed by atoms with Crippen molar-refractivity contribution in [2.45, 2.75) is 6.54 Å². The van der Waals surface area contributed by atoms with E-state index in [1.807, 2.05) is 24.3 Å². The topological polar surface area (TPSA) is 63.4 Å². The Morgan fingerprint density at radius 3 is 2.67 bits per heavy atom. The molecule has 2 aromatic carbocycles. The summed E-state index contributed by atoms with van der Waals surface area (Å²) in [6.07, 6.45) is 0. The molecule has 0 spiro atoms. The minimum Gasteiger partial charge on any atom is -0.497 e. The van der Waals surface area contributed by atoms with E-state index in [1.165, 1.54) is 0 Å². The van der Waals surface area contributed by atoms with E-state index in [-0.39, 0.29) is 5.56 Å². The number of ether oxygens (including phenoxy) is 2. The van der Waals surface area contributed by atoms with Crippen LogP contribution < -0.4 is 20.3 Å². The molecule has 124 valence electrons. The molecule has 0 aliphatic heterocycles. The van der Waals surface area contributed by atoms with Crippen molar-refractivity contribution in [1.29, 1.82) is 0 Å². The number of nitrogens with one attached hydrogen (secondary N) is 2. The van der Waals surface area contributed by atoms with Gasteiger partial charge >= 0.3 is 0 Å². The predicted octanol–water partition coefficient (Wildman–Crippen LogP) is 3.81. The first kappa shape index (κ1) is 16.2. The first-order valence-electron chi connectivity index (χ1n) is 7.38. The highest BCUT2D eigenvalue weighted by atomic mass is 35.5. The Hall–Kier alpha value is -2.66. The Kier molecular flexibility index (Phi) is 4.62. The molecule has 2 N–H and O–H groups in total. The number of hydrogen-bond donors (Lipinski definition) is 2. The predicted molar refractivity (Wildman–Crippen MR) is 96.5 cm³/mol. The Labute approximate surface area is 144 Å². The lowest BCUT2D eigenvalue weighted by Crippen LogP contribution is -2.15. The number of pyridine rings is 1. The van der Waals surface area contributed by atoms with Crippen molar-refractivity contribution >= 4 is 28.2 Å². The molecule has 0 radical (unpaired) electrons. The number of hydrogen-bond acceptors (Lipinski definition) is 4. The maximum atomic E-state index is 12.2. The molecule has 5 nitrogen and oxygen atoms in total. The standard InChI is InChI=1S/C18H17ClN2O3/c1-23-14-4-5-15-11(8-14)7-12(18(22)21-15)10-20-16-9-13(19)3-6-17(16)24-2/h3-9,20H,10H2,1-2H3,(H,21,22). The summed E-state index contributed by atoms with van der Waals surface area (Å²) in [6, 6.07) is 12.7. The average molecular weight is 345 g/mol. The number of fused-ring (bicyclic) bond motifs is 1. The van der Waals surface area contributed by atoms with Crippen molar-refractivity contribution in [1.82, 2.24) is 4.98 Å². The van der Waals surface area contributed by atoms with Crippen LogP contribution in [-0.4, -0.2) is 19.2 Å². The molecule has 6 heteroatoms. The van der Waals surface area contributed by atoms with Crippen molar-refractivity contribution in [2.24, 2.45) is 0 Å². The van der Waals surface area contributed by atoms with E-state index in [4.69, 9.17) is 21.1 Å². The van der Waals surface area contributed by atoms with Gasteiger partial charge in [-0.25, -0.2) is 0 Å². The van der Waals surface area contributed by atoms with Crippen LogP contribution in [0.5, 0.6) is 11.5 Å². The maximum absolute atomic E-state index is 12.2. The average Bonchev–Trinajstić information content (AvgIpc) is 2.59. The largest absolute Gasteiger partial charge is 0.497 e. The summed E-state index contributed by atoms with van der Waals surface area (Å²) in [4.78, 5) is 15.1. The molecule has 1 aromatic heterocycles. The van der Waals surface area contributed by atoms with Gasteiger partial charge in [0.25, 0.3) is 5.56 Å². The molecule has 0 atom stereocenters. The van der Waals surface area contributed by atoms with Crippen LogP contribution >= 0.6 is 11.6 Å². The third-order valence-corrected chi connectivity index (χ3v) is 3.99. The van der Waals surface area contributed by atoms with Gasteiger partial charge in [0, 0.05) is 28.0 Å². The molecule has 0 saturated heterocycles. The van der Waals surface area contributed by atoms with Gasteiger partial charge in [-0.05, 0) is 42.5 Å². The minimum atomic E-state index is -0.138. The van der Waals surface area contributed by atoms with E-state index in [2.05, 4.69) is 10.3 Å². The number of rotatable bonds is 5. The van der Waals surface area contributed by atoms with Crippen molar-refractivity contribution in [3.8, 4) is 11.5 Å². The van der Waals surface area contributed by atoms with Crippen LogP contribution in [0.1, 0.15) is 5.56 Å². The van der Waals surface area contributed by atoms with Crippen LogP contribution in [0.25, 0.3) is 10.9 Å². The van der Waals surface area contributed by atoms with Gasteiger partial charge < -0.3 is 19.8 Å². The van der Waals surface area contributed by atoms with Crippen molar-refractivity contribution in [3.63, 3.8) is 0 Å². The molecule has 1 heterocycles. The molecule has 0 amide bonds. The Morgan fingerprint density at radius 1 is 1.08 bits per heavy atom. The van der Waals surface area contributed by atoms with Gasteiger partial charge in [0.05, 0.1) is 19.9 Å². The second-order valence-corrected chi connectivity index (χ2v) is 5.71. The van der Waals surface area contributed by atoms with Gasteiger partial charge in [0.1, 0.15) is 11.5 Å². The van der Waals surface area contributed by atoms with Gasteiger partial charge in [-0.15, -0.1) is 0 Å². The Morgan fingerprint density at radius 2 is 1.92 bits per heavy atom. The lowest BCUT2D eigenvalue weighted by molar-refractivity contribution is 0.415. The molecular formula is C18H17ClN2O3. The highest BCUT2D eigenvalue weighted by molar-refractivity contribution is 6.30. The van der Waals surface area contributed by atoms with Gasteiger partial charge in [-0.1, -0.05) is 11.6 Å². The number of aromatic nitrogens is 1. The Bertz CT molecular complexity index is 937. The molecule has 24 heavy (non-hydrogen) atoms. The van der Waals surface area contributed by atoms with E-state index in [9.17, 15) is 4.79 Å². The SMILES string of the molecule is COc1ccc2[nH]c(=O)c(CNc3cc(Cl)ccc3OC)cc2c1. The van der Waals surface area contributed by atoms with E-state index in [0.29, 0.717) is 22.9 Å². The van der Waals surface area contributed by atoms with Crippen LogP contribution in [0.4, 0.5) is 5.69 Å². The second kappa shape index (κ2) is 6.84. The van der Waals surface area contributed by atoms with E-state index < -0.39 is 0 Å². The highest BCUT2D eigenvalue weighted by Gasteiger charge is 2.07.